The summed E-state index contributed by atoms with van der Waals surface area (Å²) in [6.07, 6.45) is 0.0602. The van der Waals surface area contributed by atoms with Crippen LogP contribution in [-0.4, -0.2) is 61.6 Å². The molecule has 0 fully saturated rings. The number of rotatable bonds is 12. The Bertz CT molecular complexity index is 1400. The SMILES string of the molecule is COC(=O)CCN(CCC(=O)OC)c1cc(NC(C)=O)c(N=Nc2snc3ccc([N+](=O)[O-])cc23)cc1OC. The van der Waals surface area contributed by atoms with Crippen LogP contribution in [0.15, 0.2) is 40.6 Å². The van der Waals surface area contributed by atoms with Gasteiger partial charge in [0.05, 0.1) is 56.0 Å². The predicted molar refractivity (Wildman–Crippen MR) is 143 cm³/mol. The van der Waals surface area contributed by atoms with E-state index in [0.717, 1.165) is 11.5 Å². The minimum Gasteiger partial charge on any atom is -0.494 e. The quantitative estimate of drug-likeness (QED) is 0.144. The number of hydrogen-bond acceptors (Lipinski definition) is 13. The van der Waals surface area contributed by atoms with Crippen LogP contribution in [0.2, 0.25) is 0 Å². The van der Waals surface area contributed by atoms with E-state index in [1.807, 2.05) is 0 Å². The molecule has 0 spiro atoms. The summed E-state index contributed by atoms with van der Waals surface area (Å²) in [5, 5.41) is 23.2. The average molecular weight is 559 g/mol. The molecule has 0 saturated carbocycles. The van der Waals surface area contributed by atoms with Gasteiger partial charge in [-0.05, 0) is 23.7 Å². The lowest BCUT2D eigenvalue weighted by atomic mass is 10.1. The third-order valence-electron chi connectivity index (χ3n) is 5.48. The Morgan fingerprint density at radius 2 is 1.72 bits per heavy atom. The van der Waals surface area contributed by atoms with Crippen molar-refractivity contribution in [3.05, 3.63) is 40.4 Å². The number of carbonyl (C=O) groups excluding carboxylic acids is 3. The van der Waals surface area contributed by atoms with Crippen LogP contribution < -0.4 is 15.0 Å². The Labute approximate surface area is 226 Å². The number of nitrogens with zero attached hydrogens (tertiary/aromatic N) is 5. The topological polar surface area (TPSA) is 175 Å². The van der Waals surface area contributed by atoms with Crippen LogP contribution in [0.4, 0.5) is 27.8 Å². The van der Waals surface area contributed by atoms with Crippen LogP contribution in [0.25, 0.3) is 10.9 Å². The summed E-state index contributed by atoms with van der Waals surface area (Å²) in [7, 11) is 3.99. The third kappa shape index (κ3) is 7.44. The van der Waals surface area contributed by atoms with Gasteiger partial charge < -0.3 is 24.4 Å². The molecule has 0 saturated heterocycles. The fourth-order valence-electron chi connectivity index (χ4n) is 3.55. The molecule has 39 heavy (non-hydrogen) atoms. The molecule has 0 unspecified atom stereocenters. The van der Waals surface area contributed by atoms with Crippen LogP contribution in [0.1, 0.15) is 19.8 Å². The van der Waals surface area contributed by atoms with Crippen molar-refractivity contribution < 1.29 is 33.5 Å². The number of ether oxygens (including phenoxy) is 3. The molecule has 0 aliphatic heterocycles. The molecule has 1 amide bonds. The molecule has 1 heterocycles. The summed E-state index contributed by atoms with van der Waals surface area (Å²) >= 11 is 1.02. The summed E-state index contributed by atoms with van der Waals surface area (Å²) in [5.41, 5.74) is 1.41. The van der Waals surface area contributed by atoms with Crippen LogP contribution >= 0.6 is 11.5 Å². The van der Waals surface area contributed by atoms with Crippen LogP contribution in [-0.2, 0) is 23.9 Å². The number of anilines is 2. The van der Waals surface area contributed by atoms with Crippen LogP contribution in [0.5, 0.6) is 5.75 Å². The van der Waals surface area contributed by atoms with Crippen molar-refractivity contribution in [1.29, 1.82) is 0 Å². The average Bonchev–Trinajstić information content (AvgIpc) is 3.33. The minimum atomic E-state index is -0.511. The lowest BCUT2D eigenvalue weighted by Gasteiger charge is -2.27. The molecule has 0 atom stereocenters. The monoisotopic (exact) mass is 558 g/mol. The Hall–Kier alpha value is -4.66. The zero-order valence-corrected chi connectivity index (χ0v) is 22.4. The summed E-state index contributed by atoms with van der Waals surface area (Å²) in [5.74, 6) is -0.933. The molecular formula is C24H26N6O8S. The fourth-order valence-corrected chi connectivity index (χ4v) is 4.23. The Morgan fingerprint density at radius 1 is 1.05 bits per heavy atom. The minimum absolute atomic E-state index is 0.0301. The van der Waals surface area contributed by atoms with Gasteiger partial charge in [-0.1, -0.05) is 0 Å². The zero-order chi connectivity index (χ0) is 28.5. The van der Waals surface area contributed by atoms with E-state index >= 15 is 0 Å². The van der Waals surface area contributed by atoms with Gasteiger partial charge in [0.1, 0.15) is 11.4 Å². The van der Waals surface area contributed by atoms with Gasteiger partial charge in [0.15, 0.2) is 5.00 Å². The first-order valence-corrected chi connectivity index (χ1v) is 12.3. The first kappa shape index (κ1) is 28.9. The van der Waals surface area contributed by atoms with Crippen molar-refractivity contribution in [1.82, 2.24) is 4.37 Å². The number of esters is 2. The first-order chi connectivity index (χ1) is 18.7. The molecule has 3 aromatic rings. The molecule has 206 valence electrons. The number of benzene rings is 2. The second kappa shape index (κ2) is 13.2. The van der Waals surface area contributed by atoms with E-state index < -0.39 is 16.9 Å². The Kier molecular flexibility index (Phi) is 9.80. The molecule has 14 nitrogen and oxygen atoms in total. The largest absolute Gasteiger partial charge is 0.494 e. The number of azo groups is 1. The molecular weight excluding hydrogens is 532 g/mol. The van der Waals surface area contributed by atoms with Gasteiger partial charge in [0.25, 0.3) is 5.69 Å². The third-order valence-corrected chi connectivity index (χ3v) is 6.24. The number of hydrogen-bond donors (Lipinski definition) is 1. The number of non-ortho nitro benzene ring substituents is 1. The Balaban J connectivity index is 2.05. The summed E-state index contributed by atoms with van der Waals surface area (Å²) in [4.78, 5) is 48.0. The van der Waals surface area contributed by atoms with Crippen LogP contribution in [0.3, 0.4) is 0 Å². The number of nitro groups is 1. The molecule has 0 radical (unpaired) electrons. The van der Waals surface area contributed by atoms with Gasteiger partial charge in [-0.25, -0.2) is 0 Å². The molecule has 1 N–H and O–H groups in total. The summed E-state index contributed by atoms with van der Waals surface area (Å²) in [6.45, 7) is 1.70. The summed E-state index contributed by atoms with van der Waals surface area (Å²) in [6, 6.07) is 7.39. The van der Waals surface area contributed by atoms with E-state index in [0.29, 0.717) is 27.3 Å². The highest BCUT2D eigenvalue weighted by atomic mass is 32.1. The van der Waals surface area contributed by atoms with Crippen molar-refractivity contribution in [3.8, 4) is 5.75 Å². The van der Waals surface area contributed by atoms with Crippen molar-refractivity contribution >= 4 is 68.0 Å². The van der Waals surface area contributed by atoms with E-state index in [2.05, 4.69) is 19.9 Å². The lowest BCUT2D eigenvalue weighted by Crippen LogP contribution is -2.29. The number of methoxy groups -OCH3 is 3. The highest BCUT2D eigenvalue weighted by Gasteiger charge is 2.20. The number of nitro benzene ring substituents is 1. The molecule has 2 aromatic carbocycles. The smallest absolute Gasteiger partial charge is 0.307 e. The molecule has 0 aliphatic carbocycles. The van der Waals surface area contributed by atoms with Crippen molar-refractivity contribution in [2.24, 2.45) is 10.2 Å². The second-order valence-electron chi connectivity index (χ2n) is 8.01. The van der Waals surface area contributed by atoms with E-state index in [-0.39, 0.29) is 48.9 Å². The van der Waals surface area contributed by atoms with Gasteiger partial charge in [0, 0.05) is 43.6 Å². The predicted octanol–water partition coefficient (Wildman–Crippen LogP) is 4.52. The number of fused-ring (bicyclic) bond motifs is 1. The number of nitrogens with one attached hydrogen (secondary N) is 1. The van der Waals surface area contributed by atoms with Gasteiger partial charge in [-0.2, -0.15) is 4.37 Å². The summed E-state index contributed by atoms with van der Waals surface area (Å²) < 4.78 is 19.3. The van der Waals surface area contributed by atoms with Crippen molar-refractivity contribution in [2.75, 3.05) is 44.6 Å². The van der Waals surface area contributed by atoms with E-state index in [1.165, 1.54) is 46.5 Å². The maximum atomic E-state index is 12.0. The molecule has 0 aliphatic rings. The number of aromatic nitrogens is 1. The zero-order valence-electron chi connectivity index (χ0n) is 21.6. The number of amides is 1. The standard InChI is InChI=1S/C24H26N6O8S/c1-14(31)25-18-12-20(29(9-7-22(32)37-3)10-8-23(33)38-4)21(36-2)13-19(18)26-27-24-16-11-15(30(34)35)5-6-17(16)28-39-24/h5-6,11-13H,7-10H2,1-4H3,(H,25,31). The second-order valence-corrected chi connectivity index (χ2v) is 8.76. The lowest BCUT2D eigenvalue weighted by molar-refractivity contribution is -0.384. The van der Waals surface area contributed by atoms with Gasteiger partial charge in [0.2, 0.25) is 5.91 Å². The normalized spacial score (nSPS) is 10.9. The van der Waals surface area contributed by atoms with E-state index in [1.54, 1.807) is 17.0 Å². The molecule has 0 bridgehead atoms. The number of carbonyl (C=O) groups is 3. The van der Waals surface area contributed by atoms with Gasteiger partial charge in [-0.3, -0.25) is 24.5 Å². The first-order valence-electron chi connectivity index (χ1n) is 11.5. The van der Waals surface area contributed by atoms with Gasteiger partial charge >= 0.3 is 11.9 Å². The van der Waals surface area contributed by atoms with Crippen molar-refractivity contribution in [3.63, 3.8) is 0 Å². The molecule has 1 aromatic heterocycles. The maximum Gasteiger partial charge on any atom is 0.307 e. The fraction of sp³-hybridized carbons (Fsp3) is 0.333. The van der Waals surface area contributed by atoms with E-state index in [4.69, 9.17) is 14.2 Å². The molecule has 15 heteroatoms. The highest BCUT2D eigenvalue weighted by molar-refractivity contribution is 7.11. The molecule has 3 rings (SSSR count). The maximum absolute atomic E-state index is 12.0. The van der Waals surface area contributed by atoms with E-state index in [9.17, 15) is 24.5 Å². The van der Waals surface area contributed by atoms with Crippen LogP contribution in [0, 0.1) is 10.1 Å². The highest BCUT2D eigenvalue weighted by Crippen LogP contribution is 2.41. The Morgan fingerprint density at radius 3 is 2.28 bits per heavy atom. The van der Waals surface area contributed by atoms with Crippen molar-refractivity contribution in [2.45, 2.75) is 19.8 Å². The van der Waals surface area contributed by atoms with Gasteiger partial charge in [-0.15, -0.1) is 10.2 Å².